The second-order valence-corrected chi connectivity index (χ2v) is 6.78. The zero-order valence-corrected chi connectivity index (χ0v) is 14.3. The van der Waals surface area contributed by atoms with Gasteiger partial charge in [-0.15, -0.1) is 5.10 Å². The monoisotopic (exact) mass is 349 g/mol. The van der Waals surface area contributed by atoms with E-state index in [1.54, 1.807) is 4.68 Å². The second-order valence-electron chi connectivity index (χ2n) is 5.31. The van der Waals surface area contributed by atoms with Crippen LogP contribution >= 0.6 is 23.5 Å². The fourth-order valence-corrected chi connectivity index (χ4v) is 3.22. The summed E-state index contributed by atoms with van der Waals surface area (Å²) in [5.41, 5.74) is 2.16. The summed E-state index contributed by atoms with van der Waals surface area (Å²) in [7, 11) is 0. The highest BCUT2D eigenvalue weighted by molar-refractivity contribution is 7.99. The normalized spacial score (nSPS) is 11.3. The Hall–Kier alpha value is -2.07. The number of anilines is 1. The number of tetrazole rings is 1. The average Bonchev–Trinajstić information content (AvgIpc) is 3.14. The average molecular weight is 349 g/mol. The number of nitrogens with zero attached hydrogens (tertiary/aromatic N) is 6. The van der Waals surface area contributed by atoms with E-state index in [2.05, 4.69) is 43.4 Å². The van der Waals surface area contributed by atoms with Crippen molar-refractivity contribution < 1.29 is 4.79 Å². The lowest BCUT2D eigenvalue weighted by atomic mass is 10.2. The van der Waals surface area contributed by atoms with Crippen LogP contribution in [0.2, 0.25) is 0 Å². The summed E-state index contributed by atoms with van der Waals surface area (Å²) in [5.74, 6) is 0.530. The Labute approximate surface area is 141 Å². The first-order chi connectivity index (χ1) is 11.1. The SMILES string of the molecule is CC(C)Cn1nnnc1SCC(=O)Nc1cccc2nsnc12. The molecule has 0 aliphatic carbocycles. The molecule has 0 unspecified atom stereocenters. The van der Waals surface area contributed by atoms with Gasteiger partial charge in [-0.3, -0.25) is 4.79 Å². The van der Waals surface area contributed by atoms with Crippen LogP contribution in [0.5, 0.6) is 0 Å². The van der Waals surface area contributed by atoms with Crippen LogP contribution in [0.25, 0.3) is 11.0 Å². The van der Waals surface area contributed by atoms with E-state index < -0.39 is 0 Å². The molecule has 0 spiro atoms. The van der Waals surface area contributed by atoms with Crippen molar-refractivity contribution >= 4 is 46.1 Å². The van der Waals surface area contributed by atoms with Crippen molar-refractivity contribution in [3.8, 4) is 0 Å². The summed E-state index contributed by atoms with van der Waals surface area (Å²) < 4.78 is 10.1. The van der Waals surface area contributed by atoms with Crippen molar-refractivity contribution in [1.82, 2.24) is 29.0 Å². The van der Waals surface area contributed by atoms with Crippen molar-refractivity contribution in [2.75, 3.05) is 11.1 Å². The van der Waals surface area contributed by atoms with E-state index in [0.29, 0.717) is 22.3 Å². The Bertz CT molecular complexity index is 813. The molecule has 0 fully saturated rings. The van der Waals surface area contributed by atoms with Gasteiger partial charge in [0, 0.05) is 6.54 Å². The van der Waals surface area contributed by atoms with Crippen LogP contribution in [0.3, 0.4) is 0 Å². The number of benzene rings is 1. The van der Waals surface area contributed by atoms with Crippen LogP contribution in [0.4, 0.5) is 5.69 Å². The standard InChI is InChI=1S/C13H15N7OS2/c1-8(2)6-20-13(15-18-19-20)22-7-11(21)14-9-4-3-5-10-12(9)17-23-16-10/h3-5,8H,6-7H2,1-2H3,(H,14,21). The maximum atomic E-state index is 12.2. The van der Waals surface area contributed by atoms with E-state index in [-0.39, 0.29) is 11.7 Å². The number of aromatic nitrogens is 6. The zero-order valence-electron chi connectivity index (χ0n) is 12.6. The van der Waals surface area contributed by atoms with Crippen LogP contribution in [0.15, 0.2) is 23.4 Å². The first-order valence-corrected chi connectivity index (χ1v) is 8.75. The minimum absolute atomic E-state index is 0.130. The fraction of sp³-hybridized carbons (Fsp3) is 0.385. The van der Waals surface area contributed by atoms with Crippen molar-refractivity contribution in [3.05, 3.63) is 18.2 Å². The molecule has 8 nitrogen and oxygen atoms in total. The lowest BCUT2D eigenvalue weighted by Crippen LogP contribution is -2.15. The minimum atomic E-state index is -0.130. The first-order valence-electron chi connectivity index (χ1n) is 7.03. The highest BCUT2D eigenvalue weighted by Gasteiger charge is 2.13. The predicted octanol–water partition coefficient (Wildman–Crippen LogP) is 2.06. The number of fused-ring (bicyclic) bond motifs is 1. The van der Waals surface area contributed by atoms with Gasteiger partial charge in [0.15, 0.2) is 0 Å². The third-order valence-electron chi connectivity index (χ3n) is 2.93. The molecule has 0 aliphatic heterocycles. The molecule has 2 aromatic heterocycles. The number of rotatable bonds is 6. The van der Waals surface area contributed by atoms with E-state index in [9.17, 15) is 4.79 Å². The molecule has 0 atom stereocenters. The summed E-state index contributed by atoms with van der Waals surface area (Å²) in [4.78, 5) is 12.2. The maximum absolute atomic E-state index is 12.2. The highest BCUT2D eigenvalue weighted by atomic mass is 32.2. The molecule has 1 aromatic carbocycles. The number of thioether (sulfide) groups is 1. The summed E-state index contributed by atoms with van der Waals surface area (Å²) in [6.45, 7) is 4.90. The molecule has 0 bridgehead atoms. The topological polar surface area (TPSA) is 98.5 Å². The molecular formula is C13H15N7OS2. The summed E-state index contributed by atoms with van der Waals surface area (Å²) in [6.07, 6.45) is 0. The van der Waals surface area contributed by atoms with Gasteiger partial charge in [-0.25, -0.2) is 4.68 Å². The molecule has 3 rings (SSSR count). The molecule has 120 valence electrons. The van der Waals surface area contributed by atoms with Gasteiger partial charge in [-0.2, -0.15) is 8.75 Å². The predicted molar refractivity (Wildman–Crippen MR) is 89.4 cm³/mol. The van der Waals surface area contributed by atoms with Gasteiger partial charge in [-0.05, 0) is 28.5 Å². The lowest BCUT2D eigenvalue weighted by molar-refractivity contribution is -0.113. The van der Waals surface area contributed by atoms with E-state index in [0.717, 1.165) is 23.8 Å². The number of hydrogen-bond donors (Lipinski definition) is 1. The van der Waals surface area contributed by atoms with Crippen molar-refractivity contribution in [2.24, 2.45) is 5.92 Å². The van der Waals surface area contributed by atoms with E-state index in [1.165, 1.54) is 11.8 Å². The minimum Gasteiger partial charge on any atom is -0.323 e. The maximum Gasteiger partial charge on any atom is 0.234 e. The zero-order chi connectivity index (χ0) is 16.2. The van der Waals surface area contributed by atoms with Crippen molar-refractivity contribution in [2.45, 2.75) is 25.5 Å². The van der Waals surface area contributed by atoms with Crippen LogP contribution in [0.1, 0.15) is 13.8 Å². The van der Waals surface area contributed by atoms with Crippen LogP contribution < -0.4 is 5.32 Å². The molecule has 0 saturated heterocycles. The molecule has 1 amide bonds. The Morgan fingerprint density at radius 2 is 2.26 bits per heavy atom. The number of nitrogens with one attached hydrogen (secondary N) is 1. The third kappa shape index (κ3) is 3.82. The third-order valence-corrected chi connectivity index (χ3v) is 4.43. The molecule has 0 radical (unpaired) electrons. The van der Waals surface area contributed by atoms with E-state index in [4.69, 9.17) is 0 Å². The number of amides is 1. The number of carbonyl (C=O) groups is 1. The molecule has 10 heteroatoms. The second kappa shape index (κ2) is 7.01. The summed E-state index contributed by atoms with van der Waals surface area (Å²) >= 11 is 2.44. The van der Waals surface area contributed by atoms with Gasteiger partial charge >= 0.3 is 0 Å². The quantitative estimate of drug-likeness (QED) is 0.680. The molecule has 1 N–H and O–H groups in total. The van der Waals surface area contributed by atoms with Gasteiger partial charge in [0.05, 0.1) is 23.2 Å². The molecule has 2 heterocycles. The van der Waals surface area contributed by atoms with Crippen molar-refractivity contribution in [3.63, 3.8) is 0 Å². The van der Waals surface area contributed by atoms with Gasteiger partial charge < -0.3 is 5.32 Å². The largest absolute Gasteiger partial charge is 0.323 e. The summed E-state index contributed by atoms with van der Waals surface area (Å²) in [6, 6.07) is 5.52. The Morgan fingerprint density at radius 1 is 1.39 bits per heavy atom. The van der Waals surface area contributed by atoms with E-state index >= 15 is 0 Å². The van der Waals surface area contributed by atoms with Crippen LogP contribution in [-0.2, 0) is 11.3 Å². The van der Waals surface area contributed by atoms with Crippen LogP contribution in [-0.4, -0.2) is 40.6 Å². The van der Waals surface area contributed by atoms with E-state index in [1.807, 2.05) is 18.2 Å². The van der Waals surface area contributed by atoms with Gasteiger partial charge in [0.25, 0.3) is 0 Å². The molecule has 0 saturated carbocycles. The van der Waals surface area contributed by atoms with Gasteiger partial charge in [-0.1, -0.05) is 31.7 Å². The molecule has 23 heavy (non-hydrogen) atoms. The van der Waals surface area contributed by atoms with Crippen molar-refractivity contribution in [1.29, 1.82) is 0 Å². The highest BCUT2D eigenvalue weighted by Crippen LogP contribution is 2.22. The first kappa shape index (κ1) is 15.8. The molecular weight excluding hydrogens is 334 g/mol. The smallest absolute Gasteiger partial charge is 0.234 e. The Kier molecular flexibility index (Phi) is 4.82. The Morgan fingerprint density at radius 3 is 3.09 bits per heavy atom. The fourth-order valence-electron chi connectivity index (χ4n) is 1.98. The Balaban J connectivity index is 1.62. The van der Waals surface area contributed by atoms with Gasteiger partial charge in [0.1, 0.15) is 11.0 Å². The lowest BCUT2D eigenvalue weighted by Gasteiger charge is -2.07. The number of hydrogen-bond acceptors (Lipinski definition) is 8. The number of carbonyl (C=O) groups excluding carboxylic acids is 1. The van der Waals surface area contributed by atoms with Crippen LogP contribution in [0, 0.1) is 5.92 Å². The molecule has 3 aromatic rings. The summed E-state index contributed by atoms with van der Waals surface area (Å²) in [5, 5.41) is 15.1. The molecule has 0 aliphatic rings. The van der Waals surface area contributed by atoms with Gasteiger partial charge in [0.2, 0.25) is 11.1 Å².